The molecule has 2 aliphatic heterocycles. The highest BCUT2D eigenvalue weighted by Gasteiger charge is 2.44. The summed E-state index contributed by atoms with van der Waals surface area (Å²) in [7, 11) is 0. The fourth-order valence-corrected chi connectivity index (χ4v) is 4.13. The summed E-state index contributed by atoms with van der Waals surface area (Å²) in [5.41, 5.74) is 5.19. The number of carbonyl (C=O) groups is 3. The topological polar surface area (TPSA) is 104 Å². The number of carboxylic acids is 1. The van der Waals surface area contributed by atoms with E-state index >= 15 is 0 Å². The molecule has 2 saturated heterocycles. The zero-order chi connectivity index (χ0) is 18.7. The highest BCUT2D eigenvalue weighted by molar-refractivity contribution is 5.84. The maximum atomic E-state index is 12.8. The Morgan fingerprint density at radius 1 is 1.04 bits per heavy atom. The number of carboxylic acid groups (broad SMARTS) is 1. The van der Waals surface area contributed by atoms with Gasteiger partial charge in [0, 0.05) is 26.2 Å². The molecule has 0 bridgehead atoms. The highest BCUT2D eigenvalue weighted by Crippen LogP contribution is 2.36. The van der Waals surface area contributed by atoms with Crippen molar-refractivity contribution in [2.45, 2.75) is 31.1 Å². The molecule has 3 amide bonds. The lowest BCUT2D eigenvalue weighted by atomic mass is 9.72. The molecule has 7 nitrogen and oxygen atoms in total. The Morgan fingerprint density at radius 2 is 1.69 bits per heavy atom. The van der Waals surface area contributed by atoms with Crippen molar-refractivity contribution in [3.63, 3.8) is 0 Å². The fraction of sp³-hybridized carbons (Fsp3) is 0.526. The summed E-state index contributed by atoms with van der Waals surface area (Å²) in [4.78, 5) is 39.5. The van der Waals surface area contributed by atoms with Gasteiger partial charge in [-0.3, -0.25) is 9.59 Å². The molecular weight excluding hydrogens is 334 g/mol. The molecule has 2 fully saturated rings. The van der Waals surface area contributed by atoms with E-state index in [0.717, 1.165) is 18.4 Å². The van der Waals surface area contributed by atoms with Gasteiger partial charge in [0.05, 0.1) is 11.3 Å². The van der Waals surface area contributed by atoms with Crippen LogP contribution in [0.1, 0.15) is 31.2 Å². The molecular formula is C19H25N3O4. The van der Waals surface area contributed by atoms with Gasteiger partial charge < -0.3 is 20.6 Å². The third-order valence-electron chi connectivity index (χ3n) is 5.75. The standard InChI is InChI=1S/C19H25N3O4/c20-18(26)22-10-4-5-14(13-22)16(23)21-11-8-19(9-12-21,17(24)25)15-6-2-1-3-7-15/h1-3,6-7,14H,4-5,8-13H2,(H2,20,26)(H,24,25). The number of urea groups is 1. The first-order valence-corrected chi connectivity index (χ1v) is 9.06. The van der Waals surface area contributed by atoms with Crippen molar-refractivity contribution in [3.05, 3.63) is 35.9 Å². The number of nitrogens with zero attached hydrogens (tertiary/aromatic N) is 2. The first-order valence-electron chi connectivity index (χ1n) is 9.06. The largest absolute Gasteiger partial charge is 0.481 e. The summed E-state index contributed by atoms with van der Waals surface area (Å²) in [6, 6.07) is 8.76. The van der Waals surface area contributed by atoms with Crippen LogP contribution in [0, 0.1) is 5.92 Å². The van der Waals surface area contributed by atoms with E-state index in [1.165, 1.54) is 4.90 Å². The molecule has 1 aromatic carbocycles. The summed E-state index contributed by atoms with van der Waals surface area (Å²) in [5, 5.41) is 9.85. The maximum absolute atomic E-state index is 12.8. The van der Waals surface area contributed by atoms with Crippen molar-refractivity contribution < 1.29 is 19.5 Å². The summed E-state index contributed by atoms with van der Waals surface area (Å²) < 4.78 is 0. The van der Waals surface area contributed by atoms with Crippen LogP contribution >= 0.6 is 0 Å². The second-order valence-corrected chi connectivity index (χ2v) is 7.20. The van der Waals surface area contributed by atoms with E-state index < -0.39 is 17.4 Å². The van der Waals surface area contributed by atoms with E-state index in [4.69, 9.17) is 5.73 Å². The predicted molar refractivity (Wildman–Crippen MR) is 95.5 cm³/mol. The second kappa shape index (κ2) is 7.35. The van der Waals surface area contributed by atoms with E-state index in [0.29, 0.717) is 39.0 Å². The molecule has 2 aliphatic rings. The number of rotatable bonds is 3. The van der Waals surface area contributed by atoms with E-state index in [-0.39, 0.29) is 11.8 Å². The maximum Gasteiger partial charge on any atom is 0.314 e. The van der Waals surface area contributed by atoms with Crippen LogP contribution in [-0.2, 0) is 15.0 Å². The Morgan fingerprint density at radius 3 is 2.27 bits per heavy atom. The van der Waals surface area contributed by atoms with Crippen LogP contribution < -0.4 is 5.73 Å². The van der Waals surface area contributed by atoms with Gasteiger partial charge in [0.25, 0.3) is 0 Å². The van der Waals surface area contributed by atoms with Crippen molar-refractivity contribution in [1.82, 2.24) is 9.80 Å². The average molecular weight is 359 g/mol. The number of piperidine rings is 2. The molecule has 2 heterocycles. The SMILES string of the molecule is NC(=O)N1CCCC(C(=O)N2CCC(C(=O)O)(c3ccccc3)CC2)C1. The smallest absolute Gasteiger partial charge is 0.314 e. The van der Waals surface area contributed by atoms with E-state index in [1.807, 2.05) is 30.3 Å². The lowest BCUT2D eigenvalue weighted by Crippen LogP contribution is -2.53. The van der Waals surface area contributed by atoms with Crippen molar-refractivity contribution >= 4 is 17.9 Å². The van der Waals surface area contributed by atoms with Crippen molar-refractivity contribution in [2.24, 2.45) is 11.7 Å². The van der Waals surface area contributed by atoms with Crippen LogP contribution in [0.4, 0.5) is 4.79 Å². The van der Waals surface area contributed by atoms with Crippen LogP contribution in [0.3, 0.4) is 0 Å². The quantitative estimate of drug-likeness (QED) is 0.852. The highest BCUT2D eigenvalue weighted by atomic mass is 16.4. The summed E-state index contributed by atoms with van der Waals surface area (Å²) in [6.45, 7) is 1.77. The van der Waals surface area contributed by atoms with E-state index in [2.05, 4.69) is 0 Å². The number of hydrogen-bond acceptors (Lipinski definition) is 3. The van der Waals surface area contributed by atoms with Gasteiger partial charge in [-0.25, -0.2) is 4.79 Å². The molecule has 1 aromatic rings. The monoisotopic (exact) mass is 359 g/mol. The third kappa shape index (κ3) is 3.38. The van der Waals surface area contributed by atoms with Crippen LogP contribution in [0.15, 0.2) is 30.3 Å². The first kappa shape index (κ1) is 18.2. The van der Waals surface area contributed by atoms with Crippen LogP contribution in [0.25, 0.3) is 0 Å². The number of likely N-dealkylation sites (tertiary alicyclic amines) is 2. The molecule has 1 unspecified atom stereocenters. The number of hydrogen-bond donors (Lipinski definition) is 2. The Bertz CT molecular complexity index is 683. The fourth-order valence-electron chi connectivity index (χ4n) is 4.13. The van der Waals surface area contributed by atoms with Gasteiger partial charge in [0.1, 0.15) is 0 Å². The number of nitrogens with two attached hydrogens (primary N) is 1. The van der Waals surface area contributed by atoms with Gasteiger partial charge in [-0.15, -0.1) is 0 Å². The lowest BCUT2D eigenvalue weighted by molar-refractivity contribution is -0.149. The second-order valence-electron chi connectivity index (χ2n) is 7.20. The van der Waals surface area contributed by atoms with Crippen LogP contribution in [0.2, 0.25) is 0 Å². The van der Waals surface area contributed by atoms with Gasteiger partial charge in [0.15, 0.2) is 0 Å². The normalized spacial score (nSPS) is 22.7. The molecule has 3 N–H and O–H groups in total. The Hall–Kier alpha value is -2.57. The summed E-state index contributed by atoms with van der Waals surface area (Å²) in [5.74, 6) is -1.08. The van der Waals surface area contributed by atoms with Gasteiger partial charge in [0.2, 0.25) is 5.91 Å². The van der Waals surface area contributed by atoms with Crippen molar-refractivity contribution in [3.8, 4) is 0 Å². The Labute approximate surface area is 152 Å². The summed E-state index contributed by atoms with van der Waals surface area (Å²) >= 11 is 0. The van der Waals surface area contributed by atoms with Gasteiger partial charge in [-0.05, 0) is 31.2 Å². The zero-order valence-corrected chi connectivity index (χ0v) is 14.8. The number of aliphatic carboxylic acids is 1. The average Bonchev–Trinajstić information content (AvgIpc) is 2.68. The Kier molecular flexibility index (Phi) is 5.15. The third-order valence-corrected chi connectivity index (χ3v) is 5.75. The lowest BCUT2D eigenvalue weighted by Gasteiger charge is -2.41. The zero-order valence-electron chi connectivity index (χ0n) is 14.8. The predicted octanol–water partition coefficient (Wildman–Crippen LogP) is 1.42. The molecule has 3 rings (SSSR count). The van der Waals surface area contributed by atoms with E-state index in [9.17, 15) is 19.5 Å². The van der Waals surface area contributed by atoms with Crippen molar-refractivity contribution in [1.29, 1.82) is 0 Å². The first-order chi connectivity index (χ1) is 12.4. The summed E-state index contributed by atoms with van der Waals surface area (Å²) in [6.07, 6.45) is 2.28. The number of amides is 3. The van der Waals surface area contributed by atoms with Crippen LogP contribution in [-0.4, -0.2) is 59.0 Å². The van der Waals surface area contributed by atoms with Gasteiger partial charge in [-0.1, -0.05) is 30.3 Å². The van der Waals surface area contributed by atoms with E-state index in [1.54, 1.807) is 4.90 Å². The molecule has 26 heavy (non-hydrogen) atoms. The van der Waals surface area contributed by atoms with Gasteiger partial charge in [-0.2, -0.15) is 0 Å². The number of carbonyl (C=O) groups excluding carboxylic acids is 2. The molecule has 1 atom stereocenters. The van der Waals surface area contributed by atoms with Gasteiger partial charge >= 0.3 is 12.0 Å². The molecule has 0 spiro atoms. The molecule has 140 valence electrons. The minimum atomic E-state index is -0.941. The Balaban J connectivity index is 1.68. The van der Waals surface area contributed by atoms with Crippen molar-refractivity contribution in [2.75, 3.05) is 26.2 Å². The number of primary amides is 1. The molecule has 0 radical (unpaired) electrons. The number of benzene rings is 1. The molecule has 7 heteroatoms. The van der Waals surface area contributed by atoms with Crippen LogP contribution in [0.5, 0.6) is 0 Å². The molecule has 0 saturated carbocycles. The molecule has 0 aromatic heterocycles. The minimum Gasteiger partial charge on any atom is -0.481 e. The minimum absolute atomic E-state index is 0.00278. The molecule has 0 aliphatic carbocycles.